The second kappa shape index (κ2) is 7.66. The molecule has 0 aromatic heterocycles. The largest absolute Gasteiger partial charge is 0.297 e. The van der Waals surface area contributed by atoms with Gasteiger partial charge in [-0.05, 0) is 43.3 Å². The zero-order chi connectivity index (χ0) is 18.8. The molecule has 0 spiro atoms. The summed E-state index contributed by atoms with van der Waals surface area (Å²) in [5, 5.41) is 5.72. The van der Waals surface area contributed by atoms with Crippen molar-refractivity contribution in [2.24, 2.45) is 5.10 Å². The minimum Gasteiger partial charge on any atom is -0.297 e. The summed E-state index contributed by atoms with van der Waals surface area (Å²) in [4.78, 5) is 25.9. The van der Waals surface area contributed by atoms with Crippen molar-refractivity contribution in [1.82, 2.24) is 5.43 Å². The molecule has 1 heterocycles. The first kappa shape index (κ1) is 18.7. The number of hydrazone groups is 1. The van der Waals surface area contributed by atoms with E-state index in [0.717, 1.165) is 4.90 Å². The van der Waals surface area contributed by atoms with Crippen LogP contribution in [-0.2, 0) is 9.59 Å². The Labute approximate surface area is 165 Å². The van der Waals surface area contributed by atoms with Gasteiger partial charge in [0.05, 0.1) is 22.8 Å². The first-order chi connectivity index (χ1) is 12.4. The Balaban J connectivity index is 1.75. The van der Waals surface area contributed by atoms with Crippen LogP contribution in [0.2, 0.25) is 15.1 Å². The van der Waals surface area contributed by atoms with Gasteiger partial charge in [0, 0.05) is 15.6 Å². The van der Waals surface area contributed by atoms with Crippen molar-refractivity contribution in [3.63, 3.8) is 0 Å². The highest BCUT2D eigenvalue weighted by Gasteiger charge is 2.39. The Morgan fingerprint density at radius 1 is 1.08 bits per heavy atom. The summed E-state index contributed by atoms with van der Waals surface area (Å²) in [6.07, 6.45) is 0.0204. The molecule has 0 radical (unpaired) electrons. The van der Waals surface area contributed by atoms with Gasteiger partial charge in [0.1, 0.15) is 6.04 Å². The summed E-state index contributed by atoms with van der Waals surface area (Å²) >= 11 is 17.9. The summed E-state index contributed by atoms with van der Waals surface area (Å²) in [7, 11) is 0. The average Bonchev–Trinajstić information content (AvgIpc) is 2.87. The highest BCUT2D eigenvalue weighted by molar-refractivity contribution is 6.37. The van der Waals surface area contributed by atoms with E-state index in [1.165, 1.54) is 0 Å². The molecule has 0 saturated carbocycles. The molecule has 8 heteroatoms. The molecule has 0 aliphatic carbocycles. The van der Waals surface area contributed by atoms with Gasteiger partial charge < -0.3 is 0 Å². The molecule has 2 amide bonds. The highest BCUT2D eigenvalue weighted by Crippen LogP contribution is 2.25. The number of carbonyl (C=O) groups is 2. The first-order valence-corrected chi connectivity index (χ1v) is 8.88. The van der Waals surface area contributed by atoms with E-state index in [1.807, 2.05) is 0 Å². The number of benzene rings is 2. The molecule has 1 unspecified atom stereocenters. The number of nitrogens with zero attached hydrogens (tertiary/aromatic N) is 2. The van der Waals surface area contributed by atoms with Crippen LogP contribution in [0.25, 0.3) is 0 Å². The molecule has 1 atom stereocenters. The van der Waals surface area contributed by atoms with E-state index in [-0.39, 0.29) is 18.2 Å². The number of anilines is 1. The number of nitrogens with one attached hydrogen (secondary N) is 1. The molecule has 1 aliphatic rings. The Kier molecular flexibility index (Phi) is 5.51. The van der Waals surface area contributed by atoms with E-state index in [9.17, 15) is 9.59 Å². The molecule has 1 saturated heterocycles. The molecular formula is C18H14Cl3N3O2. The number of hydrogen-bond donors (Lipinski definition) is 1. The van der Waals surface area contributed by atoms with Gasteiger partial charge >= 0.3 is 0 Å². The number of amides is 2. The predicted molar refractivity (Wildman–Crippen MR) is 104 cm³/mol. The van der Waals surface area contributed by atoms with Crippen LogP contribution in [-0.4, -0.2) is 23.6 Å². The van der Waals surface area contributed by atoms with E-state index in [4.69, 9.17) is 34.8 Å². The second-order valence-electron chi connectivity index (χ2n) is 5.75. The van der Waals surface area contributed by atoms with Gasteiger partial charge in [-0.1, -0.05) is 40.9 Å². The maximum Gasteiger partial charge on any atom is 0.258 e. The predicted octanol–water partition coefficient (Wildman–Crippen LogP) is 4.29. The van der Waals surface area contributed by atoms with Gasteiger partial charge in [0.25, 0.3) is 5.91 Å². The summed E-state index contributed by atoms with van der Waals surface area (Å²) in [5.41, 5.74) is 4.52. The van der Waals surface area contributed by atoms with Gasteiger partial charge in [0.15, 0.2) is 0 Å². The van der Waals surface area contributed by atoms with Crippen LogP contribution in [0.1, 0.15) is 18.9 Å². The van der Waals surface area contributed by atoms with Gasteiger partial charge in [-0.2, -0.15) is 5.10 Å². The lowest BCUT2D eigenvalue weighted by atomic mass is 10.1. The number of halogens is 3. The maximum atomic E-state index is 12.6. The number of hydrogen-bond acceptors (Lipinski definition) is 4. The lowest BCUT2D eigenvalue weighted by Crippen LogP contribution is -2.37. The second-order valence-corrected chi connectivity index (χ2v) is 7.03. The zero-order valence-electron chi connectivity index (χ0n) is 13.7. The third-order valence-electron chi connectivity index (χ3n) is 3.94. The standard InChI is InChI=1S/C18H14Cl3N3O2/c1-10(14-7-4-12(20)8-15(14)21)22-23-16-9-17(25)24(18(16)26)13-5-2-11(19)3-6-13/h2-8,16,23H,9H2,1H3/b22-10+. The summed E-state index contributed by atoms with van der Waals surface area (Å²) in [5.74, 6) is -0.664. The summed E-state index contributed by atoms with van der Waals surface area (Å²) in [6, 6.07) is 10.8. The average molecular weight is 411 g/mol. The fourth-order valence-corrected chi connectivity index (χ4v) is 3.28. The van der Waals surface area contributed by atoms with Crippen LogP contribution in [0.5, 0.6) is 0 Å². The lowest BCUT2D eigenvalue weighted by Gasteiger charge is -2.15. The maximum absolute atomic E-state index is 12.6. The minimum atomic E-state index is -0.737. The normalized spacial score (nSPS) is 17.8. The quantitative estimate of drug-likeness (QED) is 0.464. The highest BCUT2D eigenvalue weighted by atomic mass is 35.5. The third-order valence-corrected chi connectivity index (χ3v) is 4.74. The molecule has 5 nitrogen and oxygen atoms in total. The van der Waals surface area contributed by atoms with Crippen LogP contribution >= 0.6 is 34.8 Å². The smallest absolute Gasteiger partial charge is 0.258 e. The number of carbonyl (C=O) groups excluding carboxylic acids is 2. The molecule has 26 heavy (non-hydrogen) atoms. The van der Waals surface area contributed by atoms with E-state index >= 15 is 0 Å². The lowest BCUT2D eigenvalue weighted by molar-refractivity contribution is -0.121. The molecule has 1 fully saturated rings. The van der Waals surface area contributed by atoms with Gasteiger partial charge in [-0.15, -0.1) is 0 Å². The van der Waals surface area contributed by atoms with Crippen molar-refractivity contribution in [2.45, 2.75) is 19.4 Å². The van der Waals surface area contributed by atoms with E-state index in [0.29, 0.717) is 32.0 Å². The topological polar surface area (TPSA) is 61.8 Å². The van der Waals surface area contributed by atoms with Crippen LogP contribution < -0.4 is 10.3 Å². The van der Waals surface area contributed by atoms with Crippen LogP contribution in [0.3, 0.4) is 0 Å². The fraction of sp³-hybridized carbons (Fsp3) is 0.167. The number of rotatable bonds is 4. The van der Waals surface area contributed by atoms with E-state index in [1.54, 1.807) is 49.4 Å². The van der Waals surface area contributed by atoms with Crippen molar-refractivity contribution < 1.29 is 9.59 Å². The van der Waals surface area contributed by atoms with Crippen LogP contribution in [0.15, 0.2) is 47.6 Å². The van der Waals surface area contributed by atoms with Crippen molar-refractivity contribution in [3.8, 4) is 0 Å². The Morgan fingerprint density at radius 2 is 1.73 bits per heavy atom. The van der Waals surface area contributed by atoms with E-state index in [2.05, 4.69) is 10.5 Å². The summed E-state index contributed by atoms with van der Waals surface area (Å²) < 4.78 is 0. The molecule has 2 aromatic rings. The molecule has 1 aliphatic heterocycles. The monoisotopic (exact) mass is 409 g/mol. The molecule has 134 valence electrons. The van der Waals surface area contributed by atoms with Gasteiger partial charge in [-0.25, -0.2) is 4.90 Å². The zero-order valence-corrected chi connectivity index (χ0v) is 15.9. The van der Waals surface area contributed by atoms with Gasteiger partial charge in [0.2, 0.25) is 5.91 Å². The SMILES string of the molecule is C/C(=N\NC1CC(=O)N(c2ccc(Cl)cc2)C1=O)c1ccc(Cl)cc1Cl. The van der Waals surface area contributed by atoms with Crippen molar-refractivity contribution in [2.75, 3.05) is 4.90 Å². The number of imide groups is 1. The molecule has 3 rings (SSSR count). The van der Waals surface area contributed by atoms with Crippen LogP contribution in [0, 0.1) is 0 Å². The van der Waals surface area contributed by atoms with Crippen molar-refractivity contribution in [1.29, 1.82) is 0 Å². The Morgan fingerprint density at radius 3 is 2.38 bits per heavy atom. The van der Waals surface area contributed by atoms with Crippen molar-refractivity contribution >= 4 is 58.0 Å². The summed E-state index contributed by atoms with van der Waals surface area (Å²) in [6.45, 7) is 1.75. The molecule has 2 aromatic carbocycles. The Bertz CT molecular complexity index is 897. The molecular weight excluding hydrogens is 397 g/mol. The molecule has 1 N–H and O–H groups in total. The van der Waals surface area contributed by atoms with E-state index < -0.39 is 6.04 Å². The van der Waals surface area contributed by atoms with Crippen molar-refractivity contribution in [3.05, 3.63) is 63.1 Å². The minimum absolute atomic E-state index is 0.0204. The third kappa shape index (κ3) is 3.85. The van der Waals surface area contributed by atoms with Gasteiger partial charge in [-0.3, -0.25) is 15.0 Å². The first-order valence-electron chi connectivity index (χ1n) is 7.74. The fourth-order valence-electron chi connectivity index (χ4n) is 2.61. The van der Waals surface area contributed by atoms with Crippen LogP contribution in [0.4, 0.5) is 5.69 Å². The molecule has 0 bridgehead atoms. The Hall–Kier alpha value is -2.08.